The molecule has 2 aromatic rings. The predicted octanol–water partition coefficient (Wildman–Crippen LogP) is 3.25. The number of rotatable bonds is 6. The minimum atomic E-state index is -3.50. The van der Waals surface area contributed by atoms with Crippen molar-refractivity contribution < 1.29 is 12.6 Å². The molecule has 24 heavy (non-hydrogen) atoms. The standard InChI is InChI=1S/C18H23NO3S2/c1-18(2,3)23(20)19-17(15-10-6-4-7-11-15)14-24(21,22)16-12-8-5-9-13-16/h4-13,17,19H,14H2,1-3H3/t17-,23-/m0/s1. The van der Waals surface area contributed by atoms with E-state index in [9.17, 15) is 12.6 Å². The largest absolute Gasteiger partial charge is 0.242 e. The van der Waals surface area contributed by atoms with Crippen molar-refractivity contribution in [3.63, 3.8) is 0 Å². The lowest BCUT2D eigenvalue weighted by atomic mass is 10.1. The van der Waals surface area contributed by atoms with Gasteiger partial charge in [0.25, 0.3) is 0 Å². The Morgan fingerprint density at radius 1 is 0.958 bits per heavy atom. The predicted molar refractivity (Wildman–Crippen MR) is 98.7 cm³/mol. The van der Waals surface area contributed by atoms with Crippen LogP contribution in [-0.4, -0.2) is 23.1 Å². The minimum Gasteiger partial charge on any atom is -0.242 e. The fourth-order valence-corrected chi connectivity index (χ4v) is 4.55. The highest BCUT2D eigenvalue weighted by Crippen LogP contribution is 2.22. The first-order valence-corrected chi connectivity index (χ1v) is 10.5. The van der Waals surface area contributed by atoms with Gasteiger partial charge in [0.2, 0.25) is 0 Å². The fourth-order valence-electron chi connectivity index (χ4n) is 2.13. The third kappa shape index (κ3) is 5.00. The molecule has 0 spiro atoms. The van der Waals surface area contributed by atoms with Gasteiger partial charge in [-0.2, -0.15) is 0 Å². The van der Waals surface area contributed by atoms with Crippen LogP contribution in [0.2, 0.25) is 0 Å². The van der Waals surface area contributed by atoms with E-state index in [-0.39, 0.29) is 10.6 Å². The zero-order valence-corrected chi connectivity index (χ0v) is 15.7. The first-order valence-electron chi connectivity index (χ1n) is 7.71. The molecule has 0 bridgehead atoms. The lowest BCUT2D eigenvalue weighted by Crippen LogP contribution is -2.38. The van der Waals surface area contributed by atoms with Crippen LogP contribution in [0, 0.1) is 0 Å². The van der Waals surface area contributed by atoms with E-state index in [0.29, 0.717) is 0 Å². The van der Waals surface area contributed by atoms with E-state index in [2.05, 4.69) is 4.72 Å². The minimum absolute atomic E-state index is 0.150. The highest BCUT2D eigenvalue weighted by molar-refractivity contribution is 7.91. The monoisotopic (exact) mass is 365 g/mol. The number of hydrogen-bond donors (Lipinski definition) is 1. The Balaban J connectivity index is 2.32. The molecule has 130 valence electrons. The number of nitrogens with one attached hydrogen (secondary N) is 1. The maximum absolute atomic E-state index is 12.7. The van der Waals surface area contributed by atoms with E-state index in [1.165, 1.54) is 0 Å². The molecule has 2 atom stereocenters. The van der Waals surface area contributed by atoms with Gasteiger partial charge in [0.15, 0.2) is 9.84 Å². The topological polar surface area (TPSA) is 63.2 Å². The Kier molecular flexibility index (Phi) is 5.96. The lowest BCUT2D eigenvalue weighted by Gasteiger charge is -2.24. The van der Waals surface area contributed by atoms with Gasteiger partial charge in [-0.25, -0.2) is 17.3 Å². The number of hydrogen-bond acceptors (Lipinski definition) is 3. The molecule has 0 aliphatic rings. The summed E-state index contributed by atoms with van der Waals surface area (Å²) in [6, 6.07) is 17.0. The van der Waals surface area contributed by atoms with Crippen LogP contribution in [0.5, 0.6) is 0 Å². The molecule has 0 unspecified atom stereocenters. The lowest BCUT2D eigenvalue weighted by molar-refractivity contribution is 0.579. The molecule has 2 aromatic carbocycles. The van der Waals surface area contributed by atoms with Gasteiger partial charge < -0.3 is 0 Å². The molecular weight excluding hydrogens is 342 g/mol. The summed E-state index contributed by atoms with van der Waals surface area (Å²) in [4.78, 5) is 0.272. The van der Waals surface area contributed by atoms with Gasteiger partial charge in [0.1, 0.15) is 0 Å². The third-order valence-corrected chi connectivity index (χ3v) is 6.87. The average molecular weight is 366 g/mol. The van der Waals surface area contributed by atoms with E-state index < -0.39 is 31.6 Å². The van der Waals surface area contributed by atoms with E-state index >= 15 is 0 Å². The van der Waals surface area contributed by atoms with Gasteiger partial charge in [-0.15, -0.1) is 0 Å². The fraction of sp³-hybridized carbons (Fsp3) is 0.333. The summed E-state index contributed by atoms with van der Waals surface area (Å²) in [7, 11) is -4.87. The molecule has 6 heteroatoms. The Labute approximate surface area is 146 Å². The van der Waals surface area contributed by atoms with E-state index in [1.807, 2.05) is 51.1 Å². The Hall–Kier alpha value is -1.50. The zero-order chi connectivity index (χ0) is 17.8. The van der Waals surface area contributed by atoms with Crippen molar-refractivity contribution in [1.29, 1.82) is 0 Å². The van der Waals surface area contributed by atoms with Crippen molar-refractivity contribution in [3.8, 4) is 0 Å². The second-order valence-corrected chi connectivity index (χ2v) is 10.6. The van der Waals surface area contributed by atoms with E-state index in [0.717, 1.165) is 5.56 Å². The van der Waals surface area contributed by atoms with Gasteiger partial charge >= 0.3 is 0 Å². The smallest absolute Gasteiger partial charge is 0.180 e. The van der Waals surface area contributed by atoms with Gasteiger partial charge in [-0.3, -0.25) is 0 Å². The average Bonchev–Trinajstić information content (AvgIpc) is 2.55. The Morgan fingerprint density at radius 2 is 1.46 bits per heavy atom. The van der Waals surface area contributed by atoms with Crippen molar-refractivity contribution in [2.75, 3.05) is 5.75 Å². The summed E-state index contributed by atoms with van der Waals surface area (Å²) in [5, 5.41) is 0. The van der Waals surface area contributed by atoms with Crippen LogP contribution < -0.4 is 4.72 Å². The van der Waals surface area contributed by atoms with Crippen molar-refractivity contribution in [2.45, 2.75) is 36.5 Å². The van der Waals surface area contributed by atoms with Gasteiger partial charge in [-0.05, 0) is 38.5 Å². The molecule has 0 aliphatic heterocycles. The first kappa shape index (κ1) is 18.8. The highest BCUT2D eigenvalue weighted by atomic mass is 32.2. The molecule has 0 fully saturated rings. The molecule has 0 radical (unpaired) electrons. The SMILES string of the molecule is CC(C)(C)[S@](=O)N[C@@H](CS(=O)(=O)c1ccccc1)c1ccccc1. The van der Waals surface area contributed by atoms with Crippen LogP contribution in [0.4, 0.5) is 0 Å². The first-order chi connectivity index (χ1) is 11.2. The molecule has 1 N–H and O–H groups in total. The zero-order valence-electron chi connectivity index (χ0n) is 14.1. The van der Waals surface area contributed by atoms with E-state index in [1.54, 1.807) is 30.3 Å². The van der Waals surface area contributed by atoms with Crippen molar-refractivity contribution in [1.82, 2.24) is 4.72 Å². The molecule has 0 saturated heterocycles. The highest BCUT2D eigenvalue weighted by Gasteiger charge is 2.27. The van der Waals surface area contributed by atoms with Crippen molar-refractivity contribution in [3.05, 3.63) is 66.2 Å². The molecule has 2 rings (SSSR count). The van der Waals surface area contributed by atoms with Crippen LogP contribution in [-0.2, 0) is 20.8 Å². The van der Waals surface area contributed by atoms with Crippen LogP contribution in [0.3, 0.4) is 0 Å². The van der Waals surface area contributed by atoms with Gasteiger partial charge in [0.05, 0.1) is 32.4 Å². The molecule has 4 nitrogen and oxygen atoms in total. The Morgan fingerprint density at radius 3 is 1.96 bits per heavy atom. The van der Waals surface area contributed by atoms with Crippen LogP contribution >= 0.6 is 0 Å². The van der Waals surface area contributed by atoms with Crippen molar-refractivity contribution in [2.24, 2.45) is 0 Å². The third-order valence-electron chi connectivity index (χ3n) is 3.50. The second-order valence-electron chi connectivity index (χ2n) is 6.56. The molecule has 0 aliphatic carbocycles. The summed E-state index contributed by atoms with van der Waals surface area (Å²) in [6.45, 7) is 5.55. The molecule has 0 amide bonds. The summed E-state index contributed by atoms with van der Waals surface area (Å²) >= 11 is 0. The maximum atomic E-state index is 12.7. The maximum Gasteiger partial charge on any atom is 0.180 e. The summed E-state index contributed by atoms with van der Waals surface area (Å²) < 4.78 is 40.4. The second kappa shape index (κ2) is 7.59. The summed E-state index contributed by atoms with van der Waals surface area (Å²) in [5.41, 5.74) is 0.801. The van der Waals surface area contributed by atoms with Crippen LogP contribution in [0.15, 0.2) is 65.6 Å². The van der Waals surface area contributed by atoms with Gasteiger partial charge in [0, 0.05) is 0 Å². The van der Waals surface area contributed by atoms with Crippen LogP contribution in [0.1, 0.15) is 32.4 Å². The quantitative estimate of drug-likeness (QED) is 0.855. The normalized spacial score (nSPS) is 15.0. The number of benzene rings is 2. The molecule has 0 saturated carbocycles. The molecular formula is C18H23NO3S2. The van der Waals surface area contributed by atoms with Gasteiger partial charge in [-0.1, -0.05) is 48.5 Å². The van der Waals surface area contributed by atoms with E-state index in [4.69, 9.17) is 0 Å². The summed E-state index contributed by atoms with van der Waals surface area (Å²) in [5.74, 6) is -0.150. The van der Waals surface area contributed by atoms with Crippen LogP contribution in [0.25, 0.3) is 0 Å². The molecule has 0 heterocycles. The summed E-state index contributed by atoms with van der Waals surface area (Å²) in [6.07, 6.45) is 0. The Bertz CT molecular complexity index is 782. The number of sulfone groups is 1. The molecule has 0 aromatic heterocycles. The van der Waals surface area contributed by atoms with Crippen molar-refractivity contribution >= 4 is 20.8 Å².